The monoisotopic (exact) mass is 230 g/mol. The van der Waals surface area contributed by atoms with Crippen LogP contribution in [-0.4, -0.2) is 21.6 Å². The average Bonchev–Trinajstić information content (AvgIpc) is 2.17. The molecule has 0 bridgehead atoms. The van der Waals surface area contributed by atoms with Crippen LogP contribution < -0.4 is 15.6 Å². The Kier molecular flexibility index (Phi) is 4.07. The molecule has 84 valence electrons. The van der Waals surface area contributed by atoms with Crippen LogP contribution in [0, 0.1) is 0 Å². The normalized spacial score (nSPS) is 11.3. The molecule has 0 radical (unpaired) electrons. The van der Waals surface area contributed by atoms with E-state index in [1.165, 1.54) is 6.07 Å². The standard InChI is InChI=1S/C9H14N2O3S/c10-6-3-7-14-8-4-1-2-5-9(8)15(11,12)13/h1-2,4-5H,3,6-7,10H2,(H2,11,12,13). The lowest BCUT2D eigenvalue weighted by atomic mass is 10.3. The molecule has 5 nitrogen and oxygen atoms in total. The summed E-state index contributed by atoms with van der Waals surface area (Å²) in [6.45, 7) is 0.876. The van der Waals surface area contributed by atoms with Crippen LogP contribution in [0.15, 0.2) is 29.2 Å². The van der Waals surface area contributed by atoms with Gasteiger partial charge in [0.05, 0.1) is 6.61 Å². The SMILES string of the molecule is NCCCOc1ccccc1S(N)(=O)=O. The van der Waals surface area contributed by atoms with Gasteiger partial charge in [0, 0.05) is 0 Å². The van der Waals surface area contributed by atoms with Gasteiger partial charge in [0.15, 0.2) is 0 Å². The van der Waals surface area contributed by atoms with Gasteiger partial charge in [-0.3, -0.25) is 0 Å². The number of rotatable bonds is 5. The lowest BCUT2D eigenvalue weighted by Gasteiger charge is -2.08. The summed E-state index contributed by atoms with van der Waals surface area (Å²) >= 11 is 0. The Bertz CT molecular complexity index is 417. The van der Waals surface area contributed by atoms with E-state index in [1.54, 1.807) is 18.2 Å². The number of benzene rings is 1. The van der Waals surface area contributed by atoms with Gasteiger partial charge < -0.3 is 10.5 Å². The van der Waals surface area contributed by atoms with Gasteiger partial charge in [-0.1, -0.05) is 12.1 Å². The van der Waals surface area contributed by atoms with E-state index in [1.807, 2.05) is 0 Å². The Morgan fingerprint density at radius 1 is 1.27 bits per heavy atom. The van der Waals surface area contributed by atoms with Gasteiger partial charge in [-0.25, -0.2) is 13.6 Å². The molecule has 1 aromatic rings. The predicted molar refractivity (Wildman–Crippen MR) is 57.0 cm³/mol. The largest absolute Gasteiger partial charge is 0.492 e. The van der Waals surface area contributed by atoms with E-state index < -0.39 is 10.0 Å². The van der Waals surface area contributed by atoms with Crippen molar-refractivity contribution in [1.82, 2.24) is 0 Å². The third-order valence-corrected chi connectivity index (χ3v) is 2.71. The summed E-state index contributed by atoms with van der Waals surface area (Å²) < 4.78 is 27.6. The number of ether oxygens (including phenoxy) is 1. The Balaban J connectivity index is 2.88. The number of primary sulfonamides is 1. The molecule has 0 saturated heterocycles. The Labute approximate surface area is 89.1 Å². The van der Waals surface area contributed by atoms with E-state index in [9.17, 15) is 8.42 Å². The second kappa shape index (κ2) is 5.11. The number of hydrogen-bond donors (Lipinski definition) is 2. The van der Waals surface area contributed by atoms with Crippen molar-refractivity contribution in [1.29, 1.82) is 0 Å². The van der Waals surface area contributed by atoms with Crippen molar-refractivity contribution in [2.24, 2.45) is 10.9 Å². The molecule has 1 aromatic carbocycles. The summed E-state index contributed by atoms with van der Waals surface area (Å²) in [5.41, 5.74) is 5.29. The van der Waals surface area contributed by atoms with Crippen LogP contribution in [0.2, 0.25) is 0 Å². The molecule has 0 aliphatic heterocycles. The molecule has 0 heterocycles. The van der Waals surface area contributed by atoms with Crippen LogP contribution in [0.1, 0.15) is 6.42 Å². The highest BCUT2D eigenvalue weighted by atomic mass is 32.2. The summed E-state index contributed by atoms with van der Waals surface area (Å²) in [5.74, 6) is 0.272. The molecule has 0 fully saturated rings. The van der Waals surface area contributed by atoms with Crippen LogP contribution >= 0.6 is 0 Å². The zero-order valence-corrected chi connectivity index (χ0v) is 9.03. The molecule has 0 spiro atoms. The molecule has 0 unspecified atom stereocenters. The Morgan fingerprint density at radius 2 is 1.93 bits per heavy atom. The van der Waals surface area contributed by atoms with Crippen LogP contribution in [-0.2, 0) is 10.0 Å². The maximum Gasteiger partial charge on any atom is 0.241 e. The maximum atomic E-state index is 11.2. The number of para-hydroxylation sites is 1. The second-order valence-corrected chi connectivity index (χ2v) is 4.51. The van der Waals surface area contributed by atoms with Gasteiger partial charge in [0.1, 0.15) is 10.6 Å². The highest BCUT2D eigenvalue weighted by Gasteiger charge is 2.13. The topological polar surface area (TPSA) is 95.4 Å². The van der Waals surface area contributed by atoms with Crippen LogP contribution in [0.5, 0.6) is 5.75 Å². The number of hydrogen-bond acceptors (Lipinski definition) is 4. The molecule has 0 aromatic heterocycles. The second-order valence-electron chi connectivity index (χ2n) is 2.98. The maximum absolute atomic E-state index is 11.2. The fraction of sp³-hybridized carbons (Fsp3) is 0.333. The van der Waals surface area contributed by atoms with E-state index >= 15 is 0 Å². The first kappa shape index (κ1) is 12.0. The van der Waals surface area contributed by atoms with Gasteiger partial charge in [-0.2, -0.15) is 0 Å². The van der Waals surface area contributed by atoms with E-state index in [4.69, 9.17) is 15.6 Å². The third kappa shape index (κ3) is 3.50. The first-order chi connectivity index (χ1) is 7.05. The van der Waals surface area contributed by atoms with Crippen molar-refractivity contribution in [3.63, 3.8) is 0 Å². The molecule has 0 saturated carbocycles. The molecule has 0 aliphatic carbocycles. The van der Waals surface area contributed by atoms with Gasteiger partial charge in [0.25, 0.3) is 0 Å². The Morgan fingerprint density at radius 3 is 2.53 bits per heavy atom. The minimum absolute atomic E-state index is 0.00187. The van der Waals surface area contributed by atoms with E-state index in [0.717, 1.165) is 0 Å². The van der Waals surface area contributed by atoms with Crippen molar-refractivity contribution >= 4 is 10.0 Å². The Hall–Kier alpha value is -1.11. The smallest absolute Gasteiger partial charge is 0.241 e. The first-order valence-electron chi connectivity index (χ1n) is 4.50. The van der Waals surface area contributed by atoms with Crippen LogP contribution in [0.3, 0.4) is 0 Å². The number of nitrogens with two attached hydrogens (primary N) is 2. The fourth-order valence-electron chi connectivity index (χ4n) is 1.07. The van der Waals surface area contributed by atoms with Crippen molar-refractivity contribution < 1.29 is 13.2 Å². The molecule has 4 N–H and O–H groups in total. The summed E-state index contributed by atoms with van der Waals surface area (Å²) in [6, 6.07) is 6.26. The quantitative estimate of drug-likeness (QED) is 0.699. The van der Waals surface area contributed by atoms with Crippen molar-refractivity contribution in [2.45, 2.75) is 11.3 Å². The molecule has 15 heavy (non-hydrogen) atoms. The lowest BCUT2D eigenvalue weighted by molar-refractivity contribution is 0.305. The van der Waals surface area contributed by atoms with E-state index in [-0.39, 0.29) is 10.6 Å². The molecular weight excluding hydrogens is 216 g/mol. The summed E-state index contributed by atoms with van der Waals surface area (Å²) in [5, 5.41) is 5.03. The fourth-order valence-corrected chi connectivity index (χ4v) is 1.75. The van der Waals surface area contributed by atoms with Gasteiger partial charge in [0.2, 0.25) is 10.0 Å². The zero-order chi connectivity index (χ0) is 11.3. The highest BCUT2D eigenvalue weighted by Crippen LogP contribution is 2.21. The van der Waals surface area contributed by atoms with E-state index in [2.05, 4.69) is 0 Å². The summed E-state index contributed by atoms with van der Waals surface area (Å²) in [6.07, 6.45) is 0.666. The lowest BCUT2D eigenvalue weighted by Crippen LogP contribution is -2.14. The molecule has 1 rings (SSSR count). The number of sulfonamides is 1. The van der Waals surface area contributed by atoms with Gasteiger partial charge in [-0.05, 0) is 25.1 Å². The van der Waals surface area contributed by atoms with Gasteiger partial charge in [-0.15, -0.1) is 0 Å². The molecular formula is C9H14N2O3S. The molecule has 0 amide bonds. The van der Waals surface area contributed by atoms with Crippen molar-refractivity contribution in [3.8, 4) is 5.75 Å². The molecule has 0 aliphatic rings. The van der Waals surface area contributed by atoms with Crippen molar-refractivity contribution in [2.75, 3.05) is 13.2 Å². The first-order valence-corrected chi connectivity index (χ1v) is 6.05. The minimum Gasteiger partial charge on any atom is -0.492 e. The van der Waals surface area contributed by atoms with E-state index in [0.29, 0.717) is 19.6 Å². The highest BCUT2D eigenvalue weighted by molar-refractivity contribution is 7.89. The molecule has 0 atom stereocenters. The average molecular weight is 230 g/mol. The molecule has 6 heteroatoms. The predicted octanol–water partition coefficient (Wildman–Crippen LogP) is 0.0616. The zero-order valence-electron chi connectivity index (χ0n) is 8.22. The summed E-state index contributed by atoms with van der Waals surface area (Å²) in [4.78, 5) is 0.00187. The van der Waals surface area contributed by atoms with Crippen LogP contribution in [0.25, 0.3) is 0 Å². The van der Waals surface area contributed by atoms with Crippen molar-refractivity contribution in [3.05, 3.63) is 24.3 Å². The van der Waals surface area contributed by atoms with Crippen LogP contribution in [0.4, 0.5) is 0 Å². The summed E-state index contributed by atoms with van der Waals surface area (Å²) in [7, 11) is -3.73. The minimum atomic E-state index is -3.73. The third-order valence-electron chi connectivity index (χ3n) is 1.76. The van der Waals surface area contributed by atoms with Gasteiger partial charge >= 0.3 is 0 Å².